The number of aliphatic carboxylic acids is 2. The Balaban J connectivity index is 1.82. The number of nitrogens with one attached hydrogen (secondary N) is 3. The molecule has 5 amide bonds. The maximum atomic E-state index is 13.3. The minimum absolute atomic E-state index is 0.0700. The molecule has 3 rings (SSSR count). The molecule has 0 saturated carbocycles. The number of hydrogen-bond donors (Lipinski definition) is 5. The number of carboxylic acids is 2. The van der Waals surface area contributed by atoms with Gasteiger partial charge in [0.15, 0.2) is 6.04 Å². The van der Waals surface area contributed by atoms with Gasteiger partial charge in [0.05, 0.1) is 5.37 Å². The third kappa shape index (κ3) is 6.02. The Kier molecular flexibility index (Phi) is 8.43. The number of thioether (sulfide) groups is 1. The molecule has 1 aromatic carbocycles. The molecule has 2 fully saturated rings. The normalized spacial score (nSPS) is 22.8. The molecule has 200 valence electrons. The average Bonchev–Trinajstić information content (AvgIpc) is 3.17. The summed E-state index contributed by atoms with van der Waals surface area (Å²) in [6.45, 7) is 5.37. The van der Waals surface area contributed by atoms with Gasteiger partial charge in [0.25, 0.3) is 0 Å². The zero-order valence-corrected chi connectivity index (χ0v) is 21.3. The number of likely N-dealkylation sites (N-methyl/N-ethyl adjacent to an activating group) is 1. The number of carbonyl (C=O) groups excluding carboxylic acids is 4. The van der Waals surface area contributed by atoms with E-state index in [0.717, 1.165) is 11.8 Å². The van der Waals surface area contributed by atoms with Crippen molar-refractivity contribution in [1.29, 1.82) is 0 Å². The summed E-state index contributed by atoms with van der Waals surface area (Å²) in [4.78, 5) is 76.7. The first-order valence-electron chi connectivity index (χ1n) is 11.5. The van der Waals surface area contributed by atoms with Crippen molar-refractivity contribution in [3.05, 3.63) is 35.9 Å². The van der Waals surface area contributed by atoms with Gasteiger partial charge in [0.1, 0.15) is 12.1 Å². The van der Waals surface area contributed by atoms with Crippen LogP contribution in [0.25, 0.3) is 0 Å². The summed E-state index contributed by atoms with van der Waals surface area (Å²) in [5.74, 6) is -5.33. The second-order valence-corrected chi connectivity index (χ2v) is 10.8. The van der Waals surface area contributed by atoms with Gasteiger partial charge in [-0.15, -0.1) is 11.8 Å². The molecule has 0 spiro atoms. The first-order chi connectivity index (χ1) is 17.4. The smallest absolute Gasteiger partial charge is 0.328 e. The van der Waals surface area contributed by atoms with E-state index in [1.165, 1.54) is 17.0 Å². The SMILES string of the molecule is CCN1CCN(C(=O)N[C@H](C(=O)N[C@H](C(=O)O)[C@H]2N[C@H](C(=O)O)C(C)(C)S2)c2ccccc2)C(=O)C1=O. The highest BCUT2D eigenvalue weighted by Gasteiger charge is 2.50. The third-order valence-electron chi connectivity index (χ3n) is 6.17. The quantitative estimate of drug-likeness (QED) is 0.274. The third-order valence-corrected chi connectivity index (χ3v) is 7.67. The fraction of sp³-hybridized carbons (Fsp3) is 0.478. The van der Waals surface area contributed by atoms with Gasteiger partial charge in [0, 0.05) is 24.4 Å². The van der Waals surface area contributed by atoms with Crippen LogP contribution < -0.4 is 16.0 Å². The lowest BCUT2D eigenvalue weighted by molar-refractivity contribution is -0.153. The van der Waals surface area contributed by atoms with Crippen molar-refractivity contribution in [2.24, 2.45) is 0 Å². The van der Waals surface area contributed by atoms with E-state index in [9.17, 15) is 39.0 Å². The van der Waals surface area contributed by atoms with Crippen LogP contribution in [-0.2, 0) is 24.0 Å². The van der Waals surface area contributed by atoms with Gasteiger partial charge in [-0.2, -0.15) is 0 Å². The zero-order valence-electron chi connectivity index (χ0n) is 20.5. The van der Waals surface area contributed by atoms with E-state index in [2.05, 4.69) is 16.0 Å². The molecule has 5 N–H and O–H groups in total. The number of rotatable bonds is 8. The highest BCUT2D eigenvalue weighted by Crippen LogP contribution is 2.39. The van der Waals surface area contributed by atoms with E-state index in [0.29, 0.717) is 17.0 Å². The first kappa shape index (κ1) is 27.9. The molecule has 1 aromatic rings. The lowest BCUT2D eigenvalue weighted by atomic mass is 10.0. The summed E-state index contributed by atoms with van der Waals surface area (Å²) in [5.41, 5.74) is 0.305. The topological polar surface area (TPSA) is 185 Å². The Morgan fingerprint density at radius 1 is 1.08 bits per heavy atom. The fourth-order valence-corrected chi connectivity index (χ4v) is 5.63. The van der Waals surface area contributed by atoms with Crippen LogP contribution in [0.15, 0.2) is 30.3 Å². The Bertz CT molecular complexity index is 1100. The van der Waals surface area contributed by atoms with Crippen molar-refractivity contribution >= 4 is 47.5 Å². The summed E-state index contributed by atoms with van der Waals surface area (Å²) < 4.78 is -0.866. The van der Waals surface area contributed by atoms with E-state index in [1.807, 2.05) is 0 Å². The lowest BCUT2D eigenvalue weighted by Crippen LogP contribution is -2.60. The van der Waals surface area contributed by atoms with Crippen LogP contribution in [0.5, 0.6) is 0 Å². The Morgan fingerprint density at radius 3 is 2.27 bits per heavy atom. The van der Waals surface area contributed by atoms with Crippen LogP contribution in [0.1, 0.15) is 32.4 Å². The van der Waals surface area contributed by atoms with Gasteiger partial charge < -0.3 is 25.7 Å². The predicted octanol–water partition coefficient (Wildman–Crippen LogP) is -0.408. The number of piperazine rings is 1. The number of nitrogens with zero attached hydrogens (tertiary/aromatic N) is 2. The van der Waals surface area contributed by atoms with E-state index >= 15 is 0 Å². The summed E-state index contributed by atoms with van der Waals surface area (Å²) in [7, 11) is 0. The van der Waals surface area contributed by atoms with Gasteiger partial charge >= 0.3 is 29.8 Å². The molecule has 2 saturated heterocycles. The Hall–Kier alpha value is -3.65. The van der Waals surface area contributed by atoms with Crippen molar-refractivity contribution in [3.63, 3.8) is 0 Å². The molecule has 0 radical (unpaired) electrons. The minimum atomic E-state index is -1.54. The minimum Gasteiger partial charge on any atom is -0.480 e. The maximum Gasteiger partial charge on any atom is 0.328 e. The van der Waals surface area contributed by atoms with Crippen LogP contribution >= 0.6 is 11.8 Å². The second kappa shape index (κ2) is 11.2. The number of benzene rings is 1. The standard InChI is InChI=1S/C23H29N5O8S/c1-4-27-10-11-28(19(31)18(27)30)22(36)25-13(12-8-6-5-7-9-12)16(29)24-14(20(32)33)17-26-15(21(34)35)23(2,3)37-17/h5-9,13-15,17,26H,4,10-11H2,1-3H3,(H,24,29)(H,25,36)(H,32,33)(H,34,35)/t13-,14-,15+,17-/m0/s1. The van der Waals surface area contributed by atoms with Crippen LogP contribution in [0.3, 0.4) is 0 Å². The zero-order chi connectivity index (χ0) is 27.5. The van der Waals surface area contributed by atoms with Gasteiger partial charge in [-0.3, -0.25) is 29.4 Å². The molecular formula is C23H29N5O8S. The van der Waals surface area contributed by atoms with Crippen molar-refractivity contribution in [3.8, 4) is 0 Å². The van der Waals surface area contributed by atoms with Gasteiger partial charge in [-0.05, 0) is 26.3 Å². The van der Waals surface area contributed by atoms with E-state index in [-0.39, 0.29) is 13.1 Å². The van der Waals surface area contributed by atoms with Crippen molar-refractivity contribution in [1.82, 2.24) is 25.8 Å². The van der Waals surface area contributed by atoms with E-state index in [1.54, 1.807) is 39.0 Å². The molecule has 14 heteroatoms. The van der Waals surface area contributed by atoms with Gasteiger partial charge in [-0.1, -0.05) is 30.3 Å². The van der Waals surface area contributed by atoms with E-state index < -0.39 is 63.9 Å². The number of carbonyl (C=O) groups is 6. The van der Waals surface area contributed by atoms with Gasteiger partial charge in [-0.25, -0.2) is 9.59 Å². The first-order valence-corrected chi connectivity index (χ1v) is 12.4. The van der Waals surface area contributed by atoms with Crippen LogP contribution in [0.2, 0.25) is 0 Å². The molecule has 0 aliphatic carbocycles. The number of imide groups is 1. The number of carboxylic acid groups (broad SMARTS) is 2. The number of hydrogen-bond acceptors (Lipinski definition) is 8. The van der Waals surface area contributed by atoms with Gasteiger partial charge in [0.2, 0.25) is 5.91 Å². The molecule has 2 heterocycles. The summed E-state index contributed by atoms with van der Waals surface area (Å²) in [6.07, 6.45) is 0. The van der Waals surface area contributed by atoms with Crippen molar-refractivity contribution in [2.45, 2.75) is 49.0 Å². The molecule has 4 atom stereocenters. The molecule has 37 heavy (non-hydrogen) atoms. The van der Waals surface area contributed by atoms with Crippen molar-refractivity contribution < 1.29 is 39.0 Å². The average molecular weight is 536 g/mol. The summed E-state index contributed by atoms with van der Waals surface area (Å²) in [6, 6.07) is 2.99. The second-order valence-electron chi connectivity index (χ2n) is 9.04. The lowest BCUT2D eigenvalue weighted by Gasteiger charge is -2.33. The van der Waals surface area contributed by atoms with E-state index in [4.69, 9.17) is 0 Å². The highest BCUT2D eigenvalue weighted by atomic mass is 32.2. The Morgan fingerprint density at radius 2 is 1.73 bits per heavy atom. The predicted molar refractivity (Wildman–Crippen MR) is 131 cm³/mol. The van der Waals surface area contributed by atoms with Crippen LogP contribution in [-0.4, -0.2) is 97.5 Å². The molecule has 2 aliphatic rings. The van der Waals surface area contributed by atoms with Crippen LogP contribution in [0, 0.1) is 0 Å². The van der Waals surface area contributed by atoms with Crippen LogP contribution in [0.4, 0.5) is 4.79 Å². The molecule has 0 aromatic heterocycles. The monoisotopic (exact) mass is 535 g/mol. The molecule has 0 bridgehead atoms. The van der Waals surface area contributed by atoms with Crippen molar-refractivity contribution in [2.75, 3.05) is 19.6 Å². The molecule has 13 nitrogen and oxygen atoms in total. The Labute approximate surface area is 216 Å². The number of urea groups is 1. The molecule has 2 aliphatic heterocycles. The maximum absolute atomic E-state index is 13.3. The summed E-state index contributed by atoms with van der Waals surface area (Å²) >= 11 is 1.06. The largest absolute Gasteiger partial charge is 0.480 e. The fourth-order valence-electron chi connectivity index (χ4n) is 4.15. The highest BCUT2D eigenvalue weighted by molar-refractivity contribution is 8.01. The molecule has 0 unspecified atom stereocenters. The number of amides is 5. The summed E-state index contributed by atoms with van der Waals surface area (Å²) in [5, 5.41) is 25.9. The molecular weight excluding hydrogens is 506 g/mol.